The summed E-state index contributed by atoms with van der Waals surface area (Å²) in [4.78, 5) is 0. The van der Waals surface area contributed by atoms with E-state index in [2.05, 4.69) is 6.92 Å². The second kappa shape index (κ2) is 5.90. The summed E-state index contributed by atoms with van der Waals surface area (Å²) in [5, 5.41) is 0. The monoisotopic (exact) mass is 210 g/mol. The third kappa shape index (κ3) is 3.49. The summed E-state index contributed by atoms with van der Waals surface area (Å²) < 4.78 is 11.3. The minimum atomic E-state index is 0.148. The van der Waals surface area contributed by atoms with Gasteiger partial charge in [0.05, 0.1) is 0 Å². The van der Waals surface area contributed by atoms with E-state index in [1.54, 1.807) is 0 Å². The van der Waals surface area contributed by atoms with E-state index in [4.69, 9.17) is 9.31 Å². The van der Waals surface area contributed by atoms with E-state index in [0.29, 0.717) is 0 Å². The highest BCUT2D eigenvalue weighted by Gasteiger charge is 2.48. The average Bonchev–Trinajstić information content (AvgIpc) is 3.05. The summed E-state index contributed by atoms with van der Waals surface area (Å²) in [6.45, 7) is 4.08. The molecular weight excluding hydrogens is 187 g/mol. The lowest BCUT2D eigenvalue weighted by molar-refractivity contribution is 0.132. The second-order valence-corrected chi connectivity index (χ2v) is 4.97. The largest absolute Gasteiger partial charge is 0.460 e. The molecule has 2 atom stereocenters. The van der Waals surface area contributed by atoms with Gasteiger partial charge in [0.1, 0.15) is 0 Å². The molecule has 0 aromatic carbocycles. The van der Waals surface area contributed by atoms with Crippen molar-refractivity contribution in [3.05, 3.63) is 0 Å². The van der Waals surface area contributed by atoms with Crippen LogP contribution in [0.3, 0.4) is 0 Å². The Morgan fingerprint density at radius 1 is 1.13 bits per heavy atom. The Balaban J connectivity index is 1.55. The second-order valence-electron chi connectivity index (χ2n) is 4.97. The maximum atomic E-state index is 5.64. The van der Waals surface area contributed by atoms with E-state index < -0.39 is 0 Å². The van der Waals surface area contributed by atoms with Gasteiger partial charge >= 0.3 is 7.12 Å². The van der Waals surface area contributed by atoms with Crippen LogP contribution in [0.4, 0.5) is 0 Å². The van der Waals surface area contributed by atoms with E-state index in [1.807, 2.05) is 0 Å². The molecule has 2 rings (SSSR count). The molecule has 1 saturated carbocycles. The Labute approximate surface area is 93.9 Å². The summed E-state index contributed by atoms with van der Waals surface area (Å²) in [5.74, 6) is 1.64. The Morgan fingerprint density at radius 2 is 1.93 bits per heavy atom. The number of hydrogen-bond donors (Lipinski definition) is 0. The maximum Gasteiger partial charge on any atom is 0.460 e. The number of unbranched alkanes of at least 4 members (excludes halogenated alkanes) is 3. The Hall–Kier alpha value is -0.0151. The van der Waals surface area contributed by atoms with Crippen molar-refractivity contribution in [3.8, 4) is 0 Å². The fraction of sp³-hybridized carbons (Fsp3) is 1.00. The van der Waals surface area contributed by atoms with Crippen LogP contribution in [0.25, 0.3) is 0 Å². The van der Waals surface area contributed by atoms with Crippen molar-refractivity contribution in [2.24, 2.45) is 5.92 Å². The van der Waals surface area contributed by atoms with Crippen LogP contribution in [-0.4, -0.2) is 20.3 Å². The van der Waals surface area contributed by atoms with Gasteiger partial charge in [-0.3, -0.25) is 0 Å². The van der Waals surface area contributed by atoms with Gasteiger partial charge in [-0.25, -0.2) is 0 Å². The first-order chi connectivity index (χ1) is 7.42. The zero-order chi connectivity index (χ0) is 10.5. The van der Waals surface area contributed by atoms with Crippen molar-refractivity contribution >= 4 is 7.12 Å². The predicted molar refractivity (Wildman–Crippen MR) is 62.9 cm³/mol. The molecule has 0 aromatic heterocycles. The predicted octanol–water partition coefficient (Wildman–Crippen LogP) is 3.27. The van der Waals surface area contributed by atoms with Crippen LogP contribution in [0.1, 0.15) is 51.9 Å². The van der Waals surface area contributed by atoms with E-state index in [1.165, 1.54) is 38.5 Å². The topological polar surface area (TPSA) is 18.5 Å². The molecule has 0 bridgehead atoms. The van der Waals surface area contributed by atoms with Crippen LogP contribution in [0.15, 0.2) is 0 Å². The summed E-state index contributed by atoms with van der Waals surface area (Å²) in [7, 11) is 0.148. The molecule has 1 aliphatic heterocycles. The van der Waals surface area contributed by atoms with E-state index in [-0.39, 0.29) is 7.12 Å². The minimum Gasteiger partial charge on any atom is -0.411 e. The normalized spacial score (nSPS) is 30.6. The Morgan fingerprint density at radius 3 is 2.67 bits per heavy atom. The van der Waals surface area contributed by atoms with Crippen molar-refractivity contribution in [2.45, 2.75) is 57.7 Å². The fourth-order valence-corrected chi connectivity index (χ4v) is 2.52. The Kier molecular flexibility index (Phi) is 4.51. The molecule has 86 valence electrons. The molecule has 2 nitrogen and oxygen atoms in total. The van der Waals surface area contributed by atoms with Gasteiger partial charge in [-0.1, -0.05) is 39.0 Å². The van der Waals surface area contributed by atoms with Crippen LogP contribution in [0.5, 0.6) is 0 Å². The van der Waals surface area contributed by atoms with E-state index >= 15 is 0 Å². The molecule has 15 heavy (non-hydrogen) atoms. The van der Waals surface area contributed by atoms with Gasteiger partial charge in [0.15, 0.2) is 0 Å². The zero-order valence-electron chi connectivity index (χ0n) is 9.91. The van der Waals surface area contributed by atoms with Gasteiger partial charge in [0.25, 0.3) is 0 Å². The molecule has 3 heteroatoms. The van der Waals surface area contributed by atoms with Gasteiger partial charge in [-0.2, -0.15) is 0 Å². The molecule has 0 amide bonds. The molecule has 0 radical (unpaired) electrons. The SMILES string of the molecule is CCCCCCC1CC1B1OCCCO1. The van der Waals surface area contributed by atoms with Crippen molar-refractivity contribution in [1.29, 1.82) is 0 Å². The first-order valence-electron chi connectivity index (χ1n) is 6.65. The fourth-order valence-electron chi connectivity index (χ4n) is 2.52. The number of rotatable bonds is 6. The van der Waals surface area contributed by atoms with Gasteiger partial charge in [0, 0.05) is 13.2 Å². The maximum absolute atomic E-state index is 5.64. The third-order valence-electron chi connectivity index (χ3n) is 3.61. The highest BCUT2D eigenvalue weighted by Crippen LogP contribution is 2.51. The Bertz CT molecular complexity index is 180. The molecular formula is C12H23BO2. The summed E-state index contributed by atoms with van der Waals surface area (Å²) in [5.41, 5.74) is 0. The molecule has 0 aromatic rings. The lowest BCUT2D eigenvalue weighted by atomic mass is 9.79. The van der Waals surface area contributed by atoms with Gasteiger partial charge in [-0.05, 0) is 24.6 Å². The number of hydrogen-bond acceptors (Lipinski definition) is 2. The van der Waals surface area contributed by atoms with Crippen LogP contribution in [-0.2, 0) is 9.31 Å². The molecule has 2 fully saturated rings. The molecule has 0 N–H and O–H groups in total. The quantitative estimate of drug-likeness (QED) is 0.494. The van der Waals surface area contributed by atoms with Gasteiger partial charge < -0.3 is 9.31 Å². The highest BCUT2D eigenvalue weighted by atomic mass is 16.6. The summed E-state index contributed by atoms with van der Waals surface area (Å²) in [6, 6.07) is 0. The molecule has 2 unspecified atom stereocenters. The van der Waals surface area contributed by atoms with Crippen LogP contribution >= 0.6 is 0 Å². The van der Waals surface area contributed by atoms with Crippen molar-refractivity contribution < 1.29 is 9.31 Å². The molecule has 1 aliphatic carbocycles. The average molecular weight is 210 g/mol. The lowest BCUT2D eigenvalue weighted by Crippen LogP contribution is -2.30. The molecule has 1 heterocycles. The lowest BCUT2D eigenvalue weighted by Gasteiger charge is -2.19. The first-order valence-corrected chi connectivity index (χ1v) is 6.65. The first kappa shape index (κ1) is 11.5. The van der Waals surface area contributed by atoms with E-state index in [9.17, 15) is 0 Å². The van der Waals surface area contributed by atoms with Crippen LogP contribution in [0, 0.1) is 5.92 Å². The van der Waals surface area contributed by atoms with Gasteiger partial charge in [0.2, 0.25) is 0 Å². The molecule has 2 aliphatic rings. The summed E-state index contributed by atoms with van der Waals surface area (Å²) >= 11 is 0. The van der Waals surface area contributed by atoms with Crippen molar-refractivity contribution in [2.75, 3.05) is 13.2 Å². The van der Waals surface area contributed by atoms with Crippen molar-refractivity contribution in [1.82, 2.24) is 0 Å². The zero-order valence-corrected chi connectivity index (χ0v) is 9.91. The van der Waals surface area contributed by atoms with Crippen LogP contribution in [0.2, 0.25) is 5.82 Å². The minimum absolute atomic E-state index is 0.148. The highest BCUT2D eigenvalue weighted by molar-refractivity contribution is 6.47. The van der Waals surface area contributed by atoms with Crippen LogP contribution < -0.4 is 0 Å². The van der Waals surface area contributed by atoms with Crippen molar-refractivity contribution in [3.63, 3.8) is 0 Å². The van der Waals surface area contributed by atoms with E-state index in [0.717, 1.165) is 31.4 Å². The smallest absolute Gasteiger partial charge is 0.411 e. The molecule has 0 spiro atoms. The summed E-state index contributed by atoms with van der Waals surface area (Å²) in [6.07, 6.45) is 9.36. The van der Waals surface area contributed by atoms with Gasteiger partial charge in [-0.15, -0.1) is 0 Å². The standard InChI is InChI=1S/C12H23BO2/c1-2-3-4-5-7-11-10-12(11)13-14-8-6-9-15-13/h11-12H,2-10H2,1H3. The molecule has 1 saturated heterocycles. The third-order valence-corrected chi connectivity index (χ3v) is 3.61.